The number of nitrogens with zero attached hydrogens (tertiary/aromatic N) is 2. The van der Waals surface area contributed by atoms with Crippen molar-refractivity contribution in [2.45, 2.75) is 32.0 Å². The van der Waals surface area contributed by atoms with E-state index in [1.54, 1.807) is 0 Å². The van der Waals surface area contributed by atoms with E-state index in [0.29, 0.717) is 12.6 Å². The molecule has 1 aliphatic rings. The molecule has 0 fully saturated rings. The number of ether oxygens (including phenoxy) is 1. The second-order valence-corrected chi connectivity index (χ2v) is 5.80. The average molecular weight is 278 g/mol. The maximum Gasteiger partial charge on any atom is 0.125 e. The van der Waals surface area contributed by atoms with Crippen LogP contribution >= 0.6 is 0 Å². The monoisotopic (exact) mass is 278 g/mol. The van der Waals surface area contributed by atoms with Crippen LogP contribution in [0.25, 0.3) is 0 Å². The minimum Gasteiger partial charge on any atom is -0.491 e. The Morgan fingerprint density at radius 1 is 1.35 bits per heavy atom. The topological polar surface area (TPSA) is 35.9 Å². The Balaban J connectivity index is 2.16. The Labute approximate surface area is 122 Å². The van der Waals surface area contributed by atoms with Crippen molar-refractivity contribution in [1.29, 1.82) is 0 Å². The first-order valence-electron chi connectivity index (χ1n) is 7.34. The zero-order valence-electron chi connectivity index (χ0n) is 12.9. The van der Waals surface area contributed by atoms with Crippen LogP contribution in [0.1, 0.15) is 25.5 Å². The summed E-state index contributed by atoms with van der Waals surface area (Å²) in [6.45, 7) is 6.76. The van der Waals surface area contributed by atoms with Crippen LogP contribution in [0.2, 0.25) is 0 Å². The molecule has 0 saturated heterocycles. The van der Waals surface area contributed by atoms with Crippen molar-refractivity contribution >= 4 is 0 Å². The number of aliphatic hydroxyl groups is 1. The standard InChI is InChI=1S/C16H26N2O2/c1-5-18(12(2)10-17(3)4)14-11-20-15-9-7-6-8-13(15)16(14)19/h6-9,12,14,16,19H,5,10-11H2,1-4H3. The number of hydrogen-bond donors (Lipinski definition) is 1. The number of aliphatic hydroxyl groups excluding tert-OH is 1. The summed E-state index contributed by atoms with van der Waals surface area (Å²) in [6, 6.07) is 8.17. The maximum atomic E-state index is 10.7. The SMILES string of the molecule is CCN(C(C)CN(C)C)C1COc2ccccc2C1O. The van der Waals surface area contributed by atoms with Crippen molar-refractivity contribution in [3.63, 3.8) is 0 Å². The maximum absolute atomic E-state index is 10.7. The molecule has 112 valence electrons. The van der Waals surface area contributed by atoms with Crippen molar-refractivity contribution in [2.75, 3.05) is 33.8 Å². The molecular weight excluding hydrogens is 252 g/mol. The fraction of sp³-hybridized carbons (Fsp3) is 0.625. The van der Waals surface area contributed by atoms with E-state index in [0.717, 1.165) is 24.4 Å². The molecule has 20 heavy (non-hydrogen) atoms. The van der Waals surface area contributed by atoms with Gasteiger partial charge in [0.1, 0.15) is 18.5 Å². The van der Waals surface area contributed by atoms with Gasteiger partial charge in [-0.05, 0) is 33.6 Å². The van der Waals surface area contributed by atoms with Crippen molar-refractivity contribution in [3.8, 4) is 5.75 Å². The predicted molar refractivity (Wildman–Crippen MR) is 81.1 cm³/mol. The zero-order chi connectivity index (χ0) is 14.7. The van der Waals surface area contributed by atoms with Gasteiger partial charge in [-0.15, -0.1) is 0 Å². The predicted octanol–water partition coefficient (Wildman–Crippen LogP) is 1.75. The van der Waals surface area contributed by atoms with Gasteiger partial charge in [0.2, 0.25) is 0 Å². The number of hydrogen-bond acceptors (Lipinski definition) is 4. The molecular formula is C16H26N2O2. The molecule has 3 atom stereocenters. The van der Waals surface area contributed by atoms with Crippen LogP contribution in [0.3, 0.4) is 0 Å². The first-order chi connectivity index (χ1) is 9.54. The highest BCUT2D eigenvalue weighted by atomic mass is 16.5. The summed E-state index contributed by atoms with van der Waals surface area (Å²) >= 11 is 0. The number of para-hydroxylation sites is 1. The minimum atomic E-state index is -0.482. The van der Waals surface area contributed by atoms with Gasteiger partial charge in [-0.1, -0.05) is 25.1 Å². The molecule has 1 aliphatic heterocycles. The fourth-order valence-electron chi connectivity index (χ4n) is 3.11. The normalized spacial score (nSPS) is 23.6. The van der Waals surface area contributed by atoms with Gasteiger partial charge in [-0.25, -0.2) is 0 Å². The Kier molecular flexibility index (Phi) is 5.02. The van der Waals surface area contributed by atoms with E-state index in [-0.39, 0.29) is 6.04 Å². The van der Waals surface area contributed by atoms with Gasteiger partial charge in [0.05, 0.1) is 6.04 Å². The molecule has 0 saturated carbocycles. The molecule has 0 bridgehead atoms. The summed E-state index contributed by atoms with van der Waals surface area (Å²) in [5, 5.41) is 10.7. The number of likely N-dealkylation sites (N-methyl/N-ethyl adjacent to an activating group) is 2. The van der Waals surface area contributed by atoms with E-state index >= 15 is 0 Å². The molecule has 0 spiro atoms. The summed E-state index contributed by atoms with van der Waals surface area (Å²) in [5.41, 5.74) is 0.902. The van der Waals surface area contributed by atoms with E-state index < -0.39 is 6.10 Å². The number of fused-ring (bicyclic) bond motifs is 1. The minimum absolute atomic E-state index is 0.0184. The quantitative estimate of drug-likeness (QED) is 0.890. The molecule has 1 N–H and O–H groups in total. The number of rotatable bonds is 5. The molecule has 0 amide bonds. The second-order valence-electron chi connectivity index (χ2n) is 5.80. The summed E-state index contributed by atoms with van der Waals surface area (Å²) in [5.74, 6) is 0.813. The molecule has 1 aromatic carbocycles. The van der Waals surface area contributed by atoms with E-state index in [1.165, 1.54) is 0 Å². The summed E-state index contributed by atoms with van der Waals surface area (Å²) in [6.07, 6.45) is -0.482. The third kappa shape index (κ3) is 3.14. The van der Waals surface area contributed by atoms with E-state index in [1.807, 2.05) is 24.3 Å². The first kappa shape index (κ1) is 15.3. The lowest BCUT2D eigenvalue weighted by molar-refractivity contribution is -0.0150. The van der Waals surface area contributed by atoms with Gasteiger partial charge in [-0.2, -0.15) is 0 Å². The lowest BCUT2D eigenvalue weighted by atomic mass is 9.97. The Morgan fingerprint density at radius 3 is 2.70 bits per heavy atom. The number of benzene rings is 1. The first-order valence-corrected chi connectivity index (χ1v) is 7.34. The molecule has 0 aromatic heterocycles. The van der Waals surface area contributed by atoms with Crippen LogP contribution in [0.5, 0.6) is 5.75 Å². The average Bonchev–Trinajstić information content (AvgIpc) is 2.41. The van der Waals surface area contributed by atoms with Crippen molar-refractivity contribution in [3.05, 3.63) is 29.8 Å². The molecule has 0 aliphatic carbocycles. The van der Waals surface area contributed by atoms with E-state index in [4.69, 9.17) is 4.74 Å². The fourth-order valence-corrected chi connectivity index (χ4v) is 3.11. The third-order valence-electron chi connectivity index (χ3n) is 4.00. The van der Waals surface area contributed by atoms with Crippen LogP contribution < -0.4 is 4.74 Å². The van der Waals surface area contributed by atoms with Crippen LogP contribution in [-0.4, -0.2) is 60.8 Å². The highest BCUT2D eigenvalue weighted by Crippen LogP contribution is 2.34. The van der Waals surface area contributed by atoms with Crippen molar-refractivity contribution < 1.29 is 9.84 Å². The highest BCUT2D eigenvalue weighted by molar-refractivity contribution is 5.37. The largest absolute Gasteiger partial charge is 0.491 e. The van der Waals surface area contributed by atoms with Gasteiger partial charge < -0.3 is 14.7 Å². The second kappa shape index (κ2) is 6.57. The Morgan fingerprint density at radius 2 is 2.05 bits per heavy atom. The van der Waals surface area contributed by atoms with Crippen LogP contribution in [0.4, 0.5) is 0 Å². The summed E-state index contributed by atoms with van der Waals surface area (Å²) < 4.78 is 5.83. The molecule has 1 heterocycles. The van der Waals surface area contributed by atoms with Gasteiger partial charge >= 0.3 is 0 Å². The van der Waals surface area contributed by atoms with Crippen LogP contribution in [0, 0.1) is 0 Å². The van der Waals surface area contributed by atoms with Crippen LogP contribution in [0.15, 0.2) is 24.3 Å². The lowest BCUT2D eigenvalue weighted by Gasteiger charge is -2.41. The zero-order valence-corrected chi connectivity index (χ0v) is 12.9. The molecule has 1 aromatic rings. The van der Waals surface area contributed by atoms with Crippen molar-refractivity contribution in [2.24, 2.45) is 0 Å². The van der Waals surface area contributed by atoms with Gasteiger partial charge in [0.15, 0.2) is 0 Å². The molecule has 4 heteroatoms. The van der Waals surface area contributed by atoms with Gasteiger partial charge in [0, 0.05) is 18.2 Å². The smallest absolute Gasteiger partial charge is 0.125 e. The third-order valence-corrected chi connectivity index (χ3v) is 4.00. The summed E-state index contributed by atoms with van der Waals surface area (Å²) in [7, 11) is 4.15. The van der Waals surface area contributed by atoms with E-state index in [2.05, 4.69) is 37.7 Å². The molecule has 0 radical (unpaired) electrons. The highest BCUT2D eigenvalue weighted by Gasteiger charge is 2.34. The van der Waals surface area contributed by atoms with E-state index in [9.17, 15) is 5.11 Å². The van der Waals surface area contributed by atoms with Gasteiger partial charge in [-0.3, -0.25) is 4.90 Å². The molecule has 3 unspecified atom stereocenters. The lowest BCUT2D eigenvalue weighted by Crippen LogP contribution is -2.52. The Hall–Kier alpha value is -1.10. The van der Waals surface area contributed by atoms with Crippen molar-refractivity contribution in [1.82, 2.24) is 9.80 Å². The van der Waals surface area contributed by atoms with Crippen LogP contribution in [-0.2, 0) is 0 Å². The molecule has 2 rings (SSSR count). The molecule has 4 nitrogen and oxygen atoms in total. The Bertz CT molecular complexity index is 436. The van der Waals surface area contributed by atoms with Gasteiger partial charge in [0.25, 0.3) is 0 Å². The summed E-state index contributed by atoms with van der Waals surface area (Å²) in [4.78, 5) is 4.51.